The average molecular weight is 325 g/mol. The summed E-state index contributed by atoms with van der Waals surface area (Å²) in [6.07, 6.45) is 5.84. The second-order valence-electron chi connectivity index (χ2n) is 5.45. The lowest BCUT2D eigenvalue weighted by Crippen LogP contribution is -2.28. The van der Waals surface area contributed by atoms with Gasteiger partial charge in [-0.2, -0.15) is 5.06 Å². The van der Waals surface area contributed by atoms with Gasteiger partial charge in [0.15, 0.2) is 11.5 Å². The van der Waals surface area contributed by atoms with E-state index in [1.165, 1.54) is 32.4 Å². The topological polar surface area (TPSA) is 79.2 Å². The van der Waals surface area contributed by atoms with E-state index in [0.29, 0.717) is 17.2 Å². The highest BCUT2D eigenvalue weighted by Gasteiger charge is 2.14. The smallest absolute Gasteiger partial charge is 0.434 e. The molecule has 0 aromatic heterocycles. The molecule has 1 amide bonds. The molecular formula is C17H27NO5. The lowest BCUT2D eigenvalue weighted by molar-refractivity contribution is -0.0812. The molecule has 1 rings (SSSR count). The molecular weight excluding hydrogens is 298 g/mol. The molecule has 0 heterocycles. The summed E-state index contributed by atoms with van der Waals surface area (Å²) < 4.78 is 10.0. The Hall–Kier alpha value is -1.95. The summed E-state index contributed by atoms with van der Waals surface area (Å²) in [4.78, 5) is 11.7. The molecule has 0 atom stereocenters. The molecule has 130 valence electrons. The van der Waals surface area contributed by atoms with E-state index < -0.39 is 6.09 Å². The zero-order valence-corrected chi connectivity index (χ0v) is 14.0. The van der Waals surface area contributed by atoms with Gasteiger partial charge < -0.3 is 14.6 Å². The number of phenols is 1. The van der Waals surface area contributed by atoms with Crippen LogP contribution in [0.3, 0.4) is 0 Å². The van der Waals surface area contributed by atoms with Crippen molar-refractivity contribution < 1.29 is 24.6 Å². The van der Waals surface area contributed by atoms with E-state index in [1.807, 2.05) is 0 Å². The van der Waals surface area contributed by atoms with Crippen molar-refractivity contribution in [1.29, 1.82) is 0 Å². The Balaban J connectivity index is 2.28. The summed E-state index contributed by atoms with van der Waals surface area (Å²) in [7, 11) is 1.43. The molecule has 23 heavy (non-hydrogen) atoms. The number of carbonyl (C=O) groups is 1. The third-order valence-corrected chi connectivity index (χ3v) is 3.51. The van der Waals surface area contributed by atoms with Crippen molar-refractivity contribution in [3.05, 3.63) is 23.8 Å². The first-order chi connectivity index (χ1) is 11.1. The van der Waals surface area contributed by atoms with E-state index >= 15 is 0 Å². The molecule has 0 saturated heterocycles. The number of unbranched alkanes of at least 4 members (excludes halogenated alkanes) is 5. The van der Waals surface area contributed by atoms with Crippen LogP contribution in [0.25, 0.3) is 0 Å². The molecule has 0 bridgehead atoms. The first-order valence-corrected chi connectivity index (χ1v) is 8.07. The molecule has 1 aromatic rings. The number of amides is 1. The highest BCUT2D eigenvalue weighted by atomic mass is 16.6. The number of hydrogen-bond donors (Lipinski definition) is 2. The van der Waals surface area contributed by atoms with E-state index in [4.69, 9.17) is 9.47 Å². The van der Waals surface area contributed by atoms with Crippen LogP contribution in [0.5, 0.6) is 11.5 Å². The second-order valence-corrected chi connectivity index (χ2v) is 5.45. The molecule has 0 saturated carbocycles. The van der Waals surface area contributed by atoms with Crippen LogP contribution < -0.4 is 4.74 Å². The first kappa shape index (κ1) is 19.1. The minimum atomic E-state index is -0.773. The number of ether oxygens (including phenoxy) is 2. The molecule has 0 aliphatic heterocycles. The third-order valence-electron chi connectivity index (χ3n) is 3.51. The molecule has 0 fully saturated rings. The summed E-state index contributed by atoms with van der Waals surface area (Å²) in [6.45, 7) is 2.44. The van der Waals surface area contributed by atoms with E-state index in [9.17, 15) is 15.1 Å². The van der Waals surface area contributed by atoms with E-state index in [2.05, 4.69) is 6.92 Å². The van der Waals surface area contributed by atoms with E-state index in [0.717, 1.165) is 19.3 Å². The Morgan fingerprint density at radius 1 is 1.17 bits per heavy atom. The number of benzene rings is 1. The minimum absolute atomic E-state index is 0.00592. The Labute approximate surface area is 137 Å². The lowest BCUT2D eigenvalue weighted by atomic mass is 10.1. The Bertz CT molecular complexity index is 478. The summed E-state index contributed by atoms with van der Waals surface area (Å²) in [5.74, 6) is 0.294. The predicted octanol–water partition coefficient (Wildman–Crippen LogP) is 4.09. The zero-order valence-electron chi connectivity index (χ0n) is 14.0. The third kappa shape index (κ3) is 7.23. The first-order valence-electron chi connectivity index (χ1n) is 8.07. The van der Waals surface area contributed by atoms with Gasteiger partial charge >= 0.3 is 6.09 Å². The van der Waals surface area contributed by atoms with Crippen LogP contribution in [0.4, 0.5) is 4.79 Å². The maximum Gasteiger partial charge on any atom is 0.434 e. The van der Waals surface area contributed by atoms with Crippen LogP contribution in [0.2, 0.25) is 0 Å². The highest BCUT2D eigenvalue weighted by Crippen LogP contribution is 2.26. The summed E-state index contributed by atoms with van der Waals surface area (Å²) >= 11 is 0. The number of aromatic hydroxyl groups is 1. The number of methoxy groups -OCH3 is 1. The number of phenolic OH excluding ortho intramolecular Hbond substituents is 1. The van der Waals surface area contributed by atoms with E-state index in [-0.39, 0.29) is 18.0 Å². The largest absolute Gasteiger partial charge is 0.504 e. The lowest BCUT2D eigenvalue weighted by Gasteiger charge is -2.15. The Morgan fingerprint density at radius 2 is 1.87 bits per heavy atom. The van der Waals surface area contributed by atoms with Crippen molar-refractivity contribution in [2.45, 2.75) is 52.0 Å². The van der Waals surface area contributed by atoms with Crippen molar-refractivity contribution in [1.82, 2.24) is 5.06 Å². The number of carbonyl (C=O) groups excluding carboxylic acids is 1. The van der Waals surface area contributed by atoms with E-state index in [1.54, 1.807) is 12.1 Å². The summed E-state index contributed by atoms with van der Waals surface area (Å²) in [5, 5.41) is 19.8. The zero-order chi connectivity index (χ0) is 17.1. The van der Waals surface area contributed by atoms with Gasteiger partial charge in [0.25, 0.3) is 0 Å². The molecule has 0 unspecified atom stereocenters. The number of hydrogen-bond acceptors (Lipinski definition) is 5. The molecule has 6 nitrogen and oxygen atoms in total. The van der Waals surface area contributed by atoms with Crippen molar-refractivity contribution in [2.24, 2.45) is 0 Å². The van der Waals surface area contributed by atoms with Crippen molar-refractivity contribution in [3.63, 3.8) is 0 Å². The summed E-state index contributed by atoms with van der Waals surface area (Å²) in [6, 6.07) is 4.60. The predicted molar refractivity (Wildman–Crippen MR) is 86.7 cm³/mol. The van der Waals surface area contributed by atoms with Gasteiger partial charge in [0.1, 0.15) is 0 Å². The number of nitrogens with zero attached hydrogens (tertiary/aromatic N) is 1. The standard InChI is InChI=1S/C17H27NO5/c1-3-4-5-6-7-8-11-23-17(20)18(21)13-14-9-10-15(19)16(12-14)22-2/h9-10,12,19,21H,3-8,11,13H2,1-2H3. The van der Waals surface area contributed by atoms with Crippen LogP contribution in [0.1, 0.15) is 51.0 Å². The monoisotopic (exact) mass is 325 g/mol. The molecule has 1 aromatic carbocycles. The van der Waals surface area contributed by atoms with Gasteiger partial charge in [0.2, 0.25) is 0 Å². The second kappa shape index (κ2) is 10.7. The minimum Gasteiger partial charge on any atom is -0.504 e. The highest BCUT2D eigenvalue weighted by molar-refractivity contribution is 5.66. The maximum atomic E-state index is 11.7. The molecule has 6 heteroatoms. The normalized spacial score (nSPS) is 10.4. The Kier molecular flexibility index (Phi) is 8.90. The van der Waals surface area contributed by atoms with Gasteiger partial charge in [0, 0.05) is 0 Å². The number of hydroxylamine groups is 2. The van der Waals surface area contributed by atoms with Crippen LogP contribution in [0.15, 0.2) is 18.2 Å². The fraction of sp³-hybridized carbons (Fsp3) is 0.588. The summed E-state index contributed by atoms with van der Waals surface area (Å²) in [5.41, 5.74) is 0.624. The van der Waals surface area contributed by atoms with Gasteiger partial charge in [-0.25, -0.2) is 4.79 Å². The number of rotatable bonds is 10. The molecule has 0 spiro atoms. The quantitative estimate of drug-likeness (QED) is 0.385. The Morgan fingerprint density at radius 3 is 2.57 bits per heavy atom. The average Bonchev–Trinajstić information content (AvgIpc) is 2.55. The van der Waals surface area contributed by atoms with Gasteiger partial charge in [-0.15, -0.1) is 0 Å². The van der Waals surface area contributed by atoms with Crippen molar-refractivity contribution in [3.8, 4) is 11.5 Å². The van der Waals surface area contributed by atoms with Crippen LogP contribution >= 0.6 is 0 Å². The maximum absolute atomic E-state index is 11.7. The van der Waals surface area contributed by atoms with Gasteiger partial charge in [-0.1, -0.05) is 45.1 Å². The SMILES string of the molecule is CCCCCCCCOC(=O)N(O)Cc1ccc(O)c(OC)c1. The van der Waals surface area contributed by atoms with Crippen LogP contribution in [-0.2, 0) is 11.3 Å². The molecule has 0 aliphatic rings. The van der Waals surface area contributed by atoms with Crippen molar-refractivity contribution in [2.75, 3.05) is 13.7 Å². The van der Waals surface area contributed by atoms with Crippen molar-refractivity contribution >= 4 is 6.09 Å². The molecule has 0 aliphatic carbocycles. The molecule has 0 radical (unpaired) electrons. The molecule has 2 N–H and O–H groups in total. The van der Waals surface area contributed by atoms with Gasteiger partial charge in [-0.3, -0.25) is 5.21 Å². The van der Waals surface area contributed by atoms with Gasteiger partial charge in [-0.05, 0) is 24.1 Å². The fourth-order valence-electron chi connectivity index (χ4n) is 2.17. The van der Waals surface area contributed by atoms with Crippen LogP contribution in [-0.4, -0.2) is 35.2 Å². The van der Waals surface area contributed by atoms with Gasteiger partial charge in [0.05, 0.1) is 20.3 Å². The van der Waals surface area contributed by atoms with Crippen LogP contribution in [0, 0.1) is 0 Å². The fourth-order valence-corrected chi connectivity index (χ4v) is 2.17.